The number of fused-ring (bicyclic) bond motifs is 1. The Morgan fingerprint density at radius 2 is 2.08 bits per heavy atom. The molecule has 1 aromatic carbocycles. The third-order valence-electron chi connectivity index (χ3n) is 4.86. The summed E-state index contributed by atoms with van der Waals surface area (Å²) in [4.78, 5) is 16.8. The highest BCUT2D eigenvalue weighted by atomic mass is 19.1. The van der Waals surface area contributed by atoms with E-state index in [1.165, 1.54) is 0 Å². The Balaban J connectivity index is 1.80. The number of nitrogen functional groups attached to an aromatic ring is 1. The standard InChI is InChI=1S/C20H20FN3O2/c21-16-10-15(16)19(26)18-20(22)23-17-8-7-13(11-24(17)18)14-6-2-1-4-12(14)5-3-9-25/h1-2,4,6-8,11,15-16,25H,3,5,9-10,22H2/t15-,16+/m1/s1. The van der Waals surface area contributed by atoms with Gasteiger partial charge in [0.2, 0.25) is 0 Å². The fraction of sp³-hybridized carbons (Fsp3) is 0.300. The maximum Gasteiger partial charge on any atom is 0.189 e. The average molecular weight is 353 g/mol. The van der Waals surface area contributed by atoms with Gasteiger partial charge in [0.25, 0.3) is 0 Å². The quantitative estimate of drug-likeness (QED) is 0.668. The molecule has 134 valence electrons. The van der Waals surface area contributed by atoms with E-state index in [0.717, 1.165) is 23.1 Å². The van der Waals surface area contributed by atoms with Gasteiger partial charge in [-0.15, -0.1) is 0 Å². The normalized spacial score (nSPS) is 19.0. The first-order valence-electron chi connectivity index (χ1n) is 8.75. The lowest BCUT2D eigenvalue weighted by Crippen LogP contribution is -2.10. The highest BCUT2D eigenvalue weighted by molar-refractivity contribution is 6.03. The minimum atomic E-state index is -1.07. The number of nitrogens with zero attached hydrogens (tertiary/aromatic N) is 2. The van der Waals surface area contributed by atoms with Crippen LogP contribution < -0.4 is 5.73 Å². The molecule has 3 N–H and O–H groups in total. The fourth-order valence-electron chi connectivity index (χ4n) is 3.37. The van der Waals surface area contributed by atoms with E-state index in [1.54, 1.807) is 4.40 Å². The number of anilines is 1. The van der Waals surface area contributed by atoms with Crippen molar-refractivity contribution in [3.63, 3.8) is 0 Å². The minimum Gasteiger partial charge on any atom is -0.396 e. The average Bonchev–Trinajstić information content (AvgIpc) is 3.28. The Hall–Kier alpha value is -2.73. The number of aliphatic hydroxyl groups excluding tert-OH is 1. The second kappa shape index (κ2) is 6.53. The molecule has 0 unspecified atom stereocenters. The number of rotatable bonds is 6. The number of hydrogen-bond acceptors (Lipinski definition) is 4. The van der Waals surface area contributed by atoms with Gasteiger partial charge in [0, 0.05) is 12.8 Å². The number of nitrogens with two attached hydrogens (primary N) is 1. The van der Waals surface area contributed by atoms with Crippen LogP contribution in [0.4, 0.5) is 10.2 Å². The highest BCUT2D eigenvalue weighted by Gasteiger charge is 2.45. The van der Waals surface area contributed by atoms with Crippen LogP contribution in [0.1, 0.15) is 28.9 Å². The number of carbonyl (C=O) groups is 1. The third kappa shape index (κ3) is 2.86. The van der Waals surface area contributed by atoms with Gasteiger partial charge in [0.15, 0.2) is 11.6 Å². The van der Waals surface area contributed by atoms with Gasteiger partial charge in [0.1, 0.15) is 17.5 Å². The number of Topliss-reactive ketones (excluding diaryl/α,β-unsaturated/α-hetero) is 1. The van der Waals surface area contributed by atoms with Crippen LogP contribution in [0.25, 0.3) is 16.8 Å². The second-order valence-electron chi connectivity index (χ2n) is 6.70. The molecule has 1 saturated carbocycles. The lowest BCUT2D eigenvalue weighted by atomic mass is 9.98. The summed E-state index contributed by atoms with van der Waals surface area (Å²) in [5.41, 5.74) is 9.85. The van der Waals surface area contributed by atoms with Gasteiger partial charge < -0.3 is 10.8 Å². The molecule has 26 heavy (non-hydrogen) atoms. The Morgan fingerprint density at radius 3 is 2.81 bits per heavy atom. The first-order valence-corrected chi connectivity index (χ1v) is 8.75. The van der Waals surface area contributed by atoms with Crippen molar-refractivity contribution in [3.05, 3.63) is 53.9 Å². The number of benzene rings is 1. The van der Waals surface area contributed by atoms with Crippen molar-refractivity contribution in [1.29, 1.82) is 0 Å². The van der Waals surface area contributed by atoms with Crippen LogP contribution in [0.2, 0.25) is 0 Å². The summed E-state index contributed by atoms with van der Waals surface area (Å²) in [7, 11) is 0. The van der Waals surface area contributed by atoms with Crippen LogP contribution in [0.15, 0.2) is 42.6 Å². The number of aromatic nitrogens is 2. The molecule has 2 atom stereocenters. The molecule has 1 fully saturated rings. The Labute approximate surface area is 150 Å². The molecule has 0 saturated heterocycles. The van der Waals surface area contributed by atoms with Crippen molar-refractivity contribution in [2.45, 2.75) is 25.4 Å². The lowest BCUT2D eigenvalue weighted by Gasteiger charge is -2.10. The highest BCUT2D eigenvalue weighted by Crippen LogP contribution is 2.38. The first-order chi connectivity index (χ1) is 12.6. The SMILES string of the molecule is Nc1nc2ccc(-c3ccccc3CCCO)cn2c1C(=O)[C@@H]1C[C@@H]1F. The predicted octanol–water partition coefficient (Wildman–Crippen LogP) is 3.05. The number of aliphatic hydroxyl groups is 1. The van der Waals surface area contributed by atoms with E-state index in [0.29, 0.717) is 12.1 Å². The lowest BCUT2D eigenvalue weighted by molar-refractivity contribution is 0.0952. The van der Waals surface area contributed by atoms with Gasteiger partial charge in [-0.25, -0.2) is 9.37 Å². The molecule has 0 bridgehead atoms. The van der Waals surface area contributed by atoms with E-state index in [2.05, 4.69) is 4.98 Å². The summed E-state index contributed by atoms with van der Waals surface area (Å²) >= 11 is 0. The molecule has 0 spiro atoms. The van der Waals surface area contributed by atoms with Crippen LogP contribution in [0.3, 0.4) is 0 Å². The molecule has 0 radical (unpaired) electrons. The molecule has 1 aliphatic rings. The molecule has 0 amide bonds. The van der Waals surface area contributed by atoms with Gasteiger partial charge in [-0.1, -0.05) is 24.3 Å². The van der Waals surface area contributed by atoms with Gasteiger partial charge in [0.05, 0.1) is 5.92 Å². The van der Waals surface area contributed by atoms with Crippen LogP contribution in [-0.2, 0) is 6.42 Å². The molecule has 2 aromatic heterocycles. The van der Waals surface area contributed by atoms with Gasteiger partial charge in [-0.3, -0.25) is 9.20 Å². The minimum absolute atomic E-state index is 0.135. The zero-order chi connectivity index (χ0) is 18.3. The van der Waals surface area contributed by atoms with Crippen molar-refractivity contribution in [2.24, 2.45) is 5.92 Å². The molecule has 4 rings (SSSR count). The number of carbonyl (C=O) groups excluding carboxylic acids is 1. The Bertz CT molecular complexity index is 982. The monoisotopic (exact) mass is 353 g/mol. The van der Waals surface area contributed by atoms with E-state index in [-0.39, 0.29) is 30.3 Å². The Morgan fingerprint density at radius 1 is 1.31 bits per heavy atom. The van der Waals surface area contributed by atoms with Crippen LogP contribution >= 0.6 is 0 Å². The van der Waals surface area contributed by atoms with Crippen molar-refractivity contribution in [1.82, 2.24) is 9.38 Å². The van der Waals surface area contributed by atoms with Crippen LogP contribution in [0, 0.1) is 5.92 Å². The molecular weight excluding hydrogens is 333 g/mol. The maximum absolute atomic E-state index is 13.4. The van der Waals surface area contributed by atoms with E-state index in [4.69, 9.17) is 10.8 Å². The van der Waals surface area contributed by atoms with Crippen molar-refractivity contribution in [3.8, 4) is 11.1 Å². The predicted molar refractivity (Wildman–Crippen MR) is 97.8 cm³/mol. The van der Waals surface area contributed by atoms with E-state index < -0.39 is 12.1 Å². The maximum atomic E-state index is 13.4. The molecule has 0 aliphatic heterocycles. The van der Waals surface area contributed by atoms with Crippen LogP contribution in [0.5, 0.6) is 0 Å². The molecular formula is C20H20FN3O2. The first kappa shape index (κ1) is 16.7. The second-order valence-corrected chi connectivity index (χ2v) is 6.70. The summed E-state index contributed by atoms with van der Waals surface area (Å²) in [6, 6.07) is 11.7. The summed E-state index contributed by atoms with van der Waals surface area (Å²) in [6.45, 7) is 0.135. The van der Waals surface area contributed by atoms with Crippen molar-refractivity contribution >= 4 is 17.2 Å². The van der Waals surface area contributed by atoms with Crippen LogP contribution in [-0.4, -0.2) is 33.1 Å². The number of aryl methyl sites for hydroxylation is 1. The fourth-order valence-corrected chi connectivity index (χ4v) is 3.37. The number of halogens is 1. The summed E-state index contributed by atoms with van der Waals surface area (Å²) in [6.07, 6.45) is 2.46. The van der Waals surface area contributed by atoms with Gasteiger partial charge >= 0.3 is 0 Å². The van der Waals surface area contributed by atoms with E-state index in [1.807, 2.05) is 42.6 Å². The Kier molecular flexibility index (Phi) is 4.20. The number of ketones is 1. The summed E-state index contributed by atoms with van der Waals surface area (Å²) < 4.78 is 15.0. The van der Waals surface area contributed by atoms with Gasteiger partial charge in [-0.05, 0) is 48.1 Å². The number of pyridine rings is 1. The van der Waals surface area contributed by atoms with E-state index in [9.17, 15) is 9.18 Å². The summed E-state index contributed by atoms with van der Waals surface area (Å²) in [5.74, 6) is -0.745. The molecule has 5 nitrogen and oxygen atoms in total. The number of hydrogen-bond donors (Lipinski definition) is 2. The molecule has 1 aliphatic carbocycles. The zero-order valence-corrected chi connectivity index (χ0v) is 14.2. The number of alkyl halides is 1. The summed E-state index contributed by atoms with van der Waals surface area (Å²) in [5, 5.41) is 9.12. The topological polar surface area (TPSA) is 80.6 Å². The van der Waals surface area contributed by atoms with Crippen molar-refractivity contribution in [2.75, 3.05) is 12.3 Å². The number of imidazole rings is 1. The van der Waals surface area contributed by atoms with Gasteiger partial charge in [-0.2, -0.15) is 0 Å². The smallest absolute Gasteiger partial charge is 0.189 e. The molecule has 2 heterocycles. The van der Waals surface area contributed by atoms with Crippen molar-refractivity contribution < 1.29 is 14.3 Å². The zero-order valence-electron chi connectivity index (χ0n) is 14.2. The third-order valence-corrected chi connectivity index (χ3v) is 4.86. The largest absolute Gasteiger partial charge is 0.396 e. The van der Waals surface area contributed by atoms with E-state index >= 15 is 0 Å². The molecule has 6 heteroatoms. The molecule has 3 aromatic rings.